The average Bonchev–Trinajstić information content (AvgIpc) is 2.45. The highest BCUT2D eigenvalue weighted by Gasteiger charge is 2.20. The van der Waals surface area contributed by atoms with Gasteiger partial charge in [-0.05, 0) is 30.0 Å². The first-order valence-corrected chi connectivity index (χ1v) is 7.35. The molecule has 1 aromatic carbocycles. The lowest BCUT2D eigenvalue weighted by molar-refractivity contribution is -0.113. The molecule has 0 atom stereocenters. The fourth-order valence-corrected chi connectivity index (χ4v) is 1.73. The molecule has 0 heterocycles. The summed E-state index contributed by atoms with van der Waals surface area (Å²) in [7, 11) is -4.02. The molecule has 0 radical (unpaired) electrons. The molecular weight excluding hydrogens is 308 g/mol. The average molecular weight is 322 g/mol. The molecule has 1 rings (SSSR count). The van der Waals surface area contributed by atoms with E-state index in [2.05, 4.69) is 22.9 Å². The van der Waals surface area contributed by atoms with Gasteiger partial charge in [0.15, 0.2) is 0 Å². The molecule has 3 amide bonds. The van der Waals surface area contributed by atoms with Crippen LogP contribution >= 0.6 is 0 Å². The molecule has 0 saturated carbocycles. The van der Waals surface area contributed by atoms with E-state index in [0.717, 1.165) is 23.4 Å². The second-order valence-electron chi connectivity index (χ2n) is 3.88. The molecule has 0 spiro atoms. The van der Waals surface area contributed by atoms with Crippen molar-refractivity contribution in [2.24, 2.45) is 9.54 Å². The smallest absolute Gasteiger partial charge is 0.314 e. The van der Waals surface area contributed by atoms with E-state index < -0.39 is 22.1 Å². The Morgan fingerprint density at radius 2 is 2.00 bits per heavy atom. The fraction of sp³-hybridized carbons (Fsp3) is 0. The van der Waals surface area contributed by atoms with Gasteiger partial charge in [0, 0.05) is 6.21 Å². The summed E-state index contributed by atoms with van der Waals surface area (Å²) in [6, 6.07) is 5.18. The summed E-state index contributed by atoms with van der Waals surface area (Å²) in [5.74, 6) is -0.667. The van der Waals surface area contributed by atoms with Crippen LogP contribution in [0.4, 0.5) is 10.5 Å². The number of anilines is 1. The summed E-state index contributed by atoms with van der Waals surface area (Å²) >= 11 is 0. The minimum atomic E-state index is -4.02. The van der Waals surface area contributed by atoms with Gasteiger partial charge in [-0.1, -0.05) is 25.3 Å². The van der Waals surface area contributed by atoms with Crippen LogP contribution in [0.2, 0.25) is 0 Å². The summed E-state index contributed by atoms with van der Waals surface area (Å²) in [4.78, 5) is 24.5. The molecule has 0 aliphatic rings. The van der Waals surface area contributed by atoms with Crippen LogP contribution in [0.3, 0.4) is 0 Å². The second kappa shape index (κ2) is 7.29. The number of benzene rings is 1. The van der Waals surface area contributed by atoms with Gasteiger partial charge in [0.05, 0.1) is 5.69 Å². The van der Waals surface area contributed by atoms with Gasteiger partial charge in [0.25, 0.3) is 5.91 Å². The fourth-order valence-electron chi connectivity index (χ4n) is 1.47. The van der Waals surface area contributed by atoms with Gasteiger partial charge in [-0.15, -0.1) is 0 Å². The molecule has 0 aromatic heterocycles. The number of carbonyl (C=O) groups is 2. The third-order valence-corrected chi connectivity index (χ3v) is 2.70. The lowest BCUT2D eigenvalue weighted by Gasteiger charge is -2.19. The zero-order chi connectivity index (χ0) is 16.8. The number of nitrogens with zero attached hydrogens (tertiary/aromatic N) is 2. The first kappa shape index (κ1) is 17.3. The van der Waals surface area contributed by atoms with Crippen LogP contribution in [-0.2, 0) is 15.0 Å². The Hall–Kier alpha value is -2.78. The largest absolute Gasteiger partial charge is 0.332 e. The van der Waals surface area contributed by atoms with Gasteiger partial charge < -0.3 is 5.32 Å². The minimum Gasteiger partial charge on any atom is -0.314 e. The Bertz CT molecular complexity index is 740. The Kier molecular flexibility index (Phi) is 5.72. The molecular formula is C13H14N4O4S. The standard InChI is InChI=1S/C13H14N4O4S/c1-3-12(18)17(13(19)15-4-2)11-7-5-6-10(8-11)9-16-22(14,20)21/h3-9H,1-2H2,(H,15,19)(H2,14,20,21)/b16-9+. The van der Waals surface area contributed by atoms with Gasteiger partial charge in [-0.25, -0.2) is 14.8 Å². The Morgan fingerprint density at radius 1 is 1.32 bits per heavy atom. The van der Waals surface area contributed by atoms with Crippen molar-refractivity contribution in [3.05, 3.63) is 55.3 Å². The summed E-state index contributed by atoms with van der Waals surface area (Å²) in [6.45, 7) is 6.66. The maximum Gasteiger partial charge on any atom is 0.332 e. The highest BCUT2D eigenvalue weighted by Crippen LogP contribution is 2.16. The number of rotatable bonds is 5. The van der Waals surface area contributed by atoms with Crippen LogP contribution in [0.25, 0.3) is 0 Å². The molecule has 0 bridgehead atoms. The van der Waals surface area contributed by atoms with Crippen molar-refractivity contribution in [1.29, 1.82) is 0 Å². The maximum absolute atomic E-state index is 11.9. The molecule has 0 unspecified atom stereocenters. The van der Waals surface area contributed by atoms with E-state index in [4.69, 9.17) is 5.14 Å². The minimum absolute atomic E-state index is 0.197. The maximum atomic E-state index is 11.9. The van der Waals surface area contributed by atoms with E-state index in [-0.39, 0.29) is 5.69 Å². The van der Waals surface area contributed by atoms with E-state index in [1.54, 1.807) is 0 Å². The summed E-state index contributed by atoms with van der Waals surface area (Å²) in [5, 5.41) is 7.03. The summed E-state index contributed by atoms with van der Waals surface area (Å²) in [5.41, 5.74) is 0.530. The lowest BCUT2D eigenvalue weighted by Crippen LogP contribution is -2.41. The Balaban J connectivity index is 3.24. The zero-order valence-electron chi connectivity index (χ0n) is 11.5. The van der Waals surface area contributed by atoms with E-state index >= 15 is 0 Å². The van der Waals surface area contributed by atoms with Crippen LogP contribution in [0.15, 0.2) is 54.1 Å². The SMILES string of the molecule is C=CNC(=O)N(C(=O)C=C)c1cccc(/C=N/S(N)(=O)=O)c1. The van der Waals surface area contributed by atoms with Crippen molar-refractivity contribution in [1.82, 2.24) is 5.32 Å². The molecule has 8 nitrogen and oxygen atoms in total. The van der Waals surface area contributed by atoms with Crippen LogP contribution in [-0.4, -0.2) is 26.6 Å². The van der Waals surface area contributed by atoms with Crippen molar-refractivity contribution in [3.8, 4) is 0 Å². The van der Waals surface area contributed by atoms with Gasteiger partial charge in [0.2, 0.25) is 0 Å². The number of hydrogen-bond acceptors (Lipinski definition) is 4. The topological polar surface area (TPSA) is 122 Å². The number of urea groups is 1. The molecule has 3 N–H and O–H groups in total. The van der Waals surface area contributed by atoms with E-state index in [1.165, 1.54) is 24.3 Å². The van der Waals surface area contributed by atoms with Crippen molar-refractivity contribution in [2.45, 2.75) is 0 Å². The van der Waals surface area contributed by atoms with Crippen LogP contribution in [0.5, 0.6) is 0 Å². The van der Waals surface area contributed by atoms with Crippen LogP contribution in [0.1, 0.15) is 5.56 Å². The number of nitrogens with one attached hydrogen (secondary N) is 1. The van der Waals surface area contributed by atoms with Gasteiger partial charge in [-0.2, -0.15) is 12.8 Å². The molecule has 1 aromatic rings. The molecule has 9 heteroatoms. The summed E-state index contributed by atoms with van der Waals surface area (Å²) < 4.78 is 24.8. The third-order valence-electron chi connectivity index (χ3n) is 2.30. The van der Waals surface area contributed by atoms with Gasteiger partial charge >= 0.3 is 16.2 Å². The first-order valence-electron chi connectivity index (χ1n) is 5.84. The molecule has 22 heavy (non-hydrogen) atoms. The van der Waals surface area contributed by atoms with E-state index in [9.17, 15) is 18.0 Å². The molecule has 0 aliphatic heterocycles. The number of hydrogen-bond donors (Lipinski definition) is 2. The molecule has 116 valence electrons. The number of carbonyl (C=O) groups excluding carboxylic acids is 2. The van der Waals surface area contributed by atoms with E-state index in [1.807, 2.05) is 0 Å². The van der Waals surface area contributed by atoms with E-state index in [0.29, 0.717) is 5.56 Å². The quantitative estimate of drug-likeness (QED) is 0.611. The predicted molar refractivity (Wildman–Crippen MR) is 83.6 cm³/mol. The molecule has 0 fully saturated rings. The number of amides is 3. The Labute approximate surface area is 127 Å². The van der Waals surface area contributed by atoms with Crippen molar-refractivity contribution in [2.75, 3.05) is 4.90 Å². The van der Waals surface area contributed by atoms with Crippen LogP contribution < -0.4 is 15.4 Å². The first-order chi connectivity index (χ1) is 10.3. The predicted octanol–water partition coefficient (Wildman–Crippen LogP) is 0.681. The van der Waals surface area contributed by atoms with Crippen molar-refractivity contribution < 1.29 is 18.0 Å². The summed E-state index contributed by atoms with van der Waals surface area (Å²) in [6.07, 6.45) is 3.09. The zero-order valence-corrected chi connectivity index (χ0v) is 12.3. The number of nitrogens with two attached hydrogens (primary N) is 1. The normalized spacial score (nSPS) is 11.0. The van der Waals surface area contributed by atoms with Crippen molar-refractivity contribution >= 4 is 34.0 Å². The van der Waals surface area contributed by atoms with Gasteiger partial charge in [0.1, 0.15) is 0 Å². The van der Waals surface area contributed by atoms with Gasteiger partial charge in [-0.3, -0.25) is 4.79 Å². The second-order valence-corrected chi connectivity index (χ2v) is 5.12. The Morgan fingerprint density at radius 3 is 2.55 bits per heavy atom. The van der Waals surface area contributed by atoms with Crippen molar-refractivity contribution in [3.63, 3.8) is 0 Å². The third kappa shape index (κ3) is 4.96. The highest BCUT2D eigenvalue weighted by atomic mass is 32.2. The highest BCUT2D eigenvalue weighted by molar-refractivity contribution is 7.87. The molecule has 0 aliphatic carbocycles. The molecule has 0 saturated heterocycles. The number of imide groups is 1. The van der Waals surface area contributed by atoms with Crippen LogP contribution in [0, 0.1) is 0 Å². The monoisotopic (exact) mass is 322 g/mol. The lowest BCUT2D eigenvalue weighted by atomic mass is 10.2.